The van der Waals surface area contributed by atoms with Crippen LogP contribution < -0.4 is 5.32 Å². The van der Waals surface area contributed by atoms with Crippen molar-refractivity contribution in [2.24, 2.45) is 0 Å². The Morgan fingerprint density at radius 2 is 1.75 bits per heavy atom. The van der Waals surface area contributed by atoms with Crippen molar-refractivity contribution >= 4 is 11.4 Å². The molecule has 0 aliphatic heterocycles. The number of nitrogens with zero attached hydrogens (tertiary/aromatic N) is 1. The van der Waals surface area contributed by atoms with Gasteiger partial charge in [0.15, 0.2) is 11.6 Å². The van der Waals surface area contributed by atoms with Gasteiger partial charge in [-0.1, -0.05) is 50.2 Å². The third kappa shape index (κ3) is 4.21. The van der Waals surface area contributed by atoms with Crippen molar-refractivity contribution in [2.45, 2.75) is 32.7 Å². The predicted molar refractivity (Wildman–Crippen MR) is 120 cm³/mol. The predicted octanol–water partition coefficient (Wildman–Crippen LogP) is 5.57. The fourth-order valence-corrected chi connectivity index (χ4v) is 4.09. The molecule has 0 unspecified atom stereocenters. The highest BCUT2D eigenvalue weighted by Gasteiger charge is 2.25. The van der Waals surface area contributed by atoms with E-state index in [1.165, 1.54) is 12.3 Å². The maximum atomic E-state index is 13.5. The van der Waals surface area contributed by atoms with Crippen molar-refractivity contribution in [1.29, 1.82) is 0 Å². The van der Waals surface area contributed by atoms with Crippen molar-refractivity contribution < 1.29 is 18.7 Å². The molecule has 2 aromatic carbocycles. The Labute approximate surface area is 185 Å². The molecular formula is C26H24F2N2O2. The number of nitrogens with one attached hydrogen (secondary N) is 1. The van der Waals surface area contributed by atoms with Gasteiger partial charge < -0.3 is 14.8 Å². The van der Waals surface area contributed by atoms with Crippen molar-refractivity contribution in [3.63, 3.8) is 0 Å². The lowest BCUT2D eigenvalue weighted by atomic mass is 9.93. The first-order valence-corrected chi connectivity index (χ1v) is 10.5. The van der Waals surface area contributed by atoms with Gasteiger partial charge >= 0.3 is 0 Å². The fourth-order valence-electron chi connectivity index (χ4n) is 4.09. The molecule has 0 saturated heterocycles. The van der Waals surface area contributed by atoms with Gasteiger partial charge in [-0.15, -0.1) is 0 Å². The topological polar surface area (TPSA) is 53.7 Å². The molecule has 0 fully saturated rings. The number of benzene rings is 2. The van der Waals surface area contributed by atoms with E-state index >= 15 is 0 Å². The molecule has 6 heteroatoms. The molecule has 4 aromatic rings. The van der Waals surface area contributed by atoms with E-state index in [1.807, 2.05) is 50.2 Å². The van der Waals surface area contributed by atoms with E-state index in [-0.39, 0.29) is 24.1 Å². The maximum absolute atomic E-state index is 13.5. The number of aromatic hydroxyl groups is 1. The second-order valence-corrected chi connectivity index (χ2v) is 8.13. The summed E-state index contributed by atoms with van der Waals surface area (Å²) in [7, 11) is 0. The van der Waals surface area contributed by atoms with Crippen LogP contribution in [0, 0.1) is 11.6 Å². The molecule has 4 nitrogen and oxygen atoms in total. The lowest BCUT2D eigenvalue weighted by Crippen LogP contribution is -2.25. The molecule has 32 heavy (non-hydrogen) atoms. The first kappa shape index (κ1) is 21.6. The van der Waals surface area contributed by atoms with Gasteiger partial charge in [0.2, 0.25) is 0 Å². The van der Waals surface area contributed by atoms with Crippen LogP contribution in [0.2, 0.25) is 0 Å². The number of amides is 1. The van der Waals surface area contributed by atoms with Crippen LogP contribution in [0.4, 0.5) is 8.78 Å². The van der Waals surface area contributed by atoms with Crippen LogP contribution >= 0.6 is 0 Å². The van der Waals surface area contributed by atoms with Crippen molar-refractivity contribution in [3.8, 4) is 5.75 Å². The Morgan fingerprint density at radius 1 is 1.00 bits per heavy atom. The fraction of sp³-hybridized carbons (Fsp3) is 0.192. The molecule has 0 bridgehead atoms. The monoisotopic (exact) mass is 434 g/mol. The summed E-state index contributed by atoms with van der Waals surface area (Å²) < 4.78 is 28.5. The SMILES string of the molecule is CC(C)c1c(Cc2ccccc2)c2ccc(O)cn2c1C(=O)NCc1ccc(F)c(F)c1. The average molecular weight is 434 g/mol. The lowest BCUT2D eigenvalue weighted by Gasteiger charge is -2.12. The molecule has 0 atom stereocenters. The van der Waals surface area contributed by atoms with Crippen LogP contribution in [-0.4, -0.2) is 15.4 Å². The largest absolute Gasteiger partial charge is 0.506 e. The van der Waals surface area contributed by atoms with Gasteiger partial charge in [0.05, 0.1) is 6.20 Å². The summed E-state index contributed by atoms with van der Waals surface area (Å²) in [4.78, 5) is 13.3. The van der Waals surface area contributed by atoms with Crippen LogP contribution in [0.1, 0.15) is 52.5 Å². The first-order valence-electron chi connectivity index (χ1n) is 10.5. The van der Waals surface area contributed by atoms with Crippen LogP contribution in [-0.2, 0) is 13.0 Å². The highest BCUT2D eigenvalue weighted by Crippen LogP contribution is 2.33. The minimum Gasteiger partial charge on any atom is -0.506 e. The Bertz CT molecular complexity index is 1280. The van der Waals surface area contributed by atoms with Crippen molar-refractivity contribution in [2.75, 3.05) is 0 Å². The molecule has 2 N–H and O–H groups in total. The zero-order valence-corrected chi connectivity index (χ0v) is 17.9. The van der Waals surface area contributed by atoms with Gasteiger partial charge in [0, 0.05) is 12.1 Å². The number of pyridine rings is 1. The number of aromatic nitrogens is 1. The number of fused-ring (bicyclic) bond motifs is 1. The van der Waals surface area contributed by atoms with E-state index in [1.54, 1.807) is 10.5 Å². The lowest BCUT2D eigenvalue weighted by molar-refractivity contribution is 0.0943. The van der Waals surface area contributed by atoms with Gasteiger partial charge in [-0.2, -0.15) is 0 Å². The highest BCUT2D eigenvalue weighted by atomic mass is 19.2. The van der Waals surface area contributed by atoms with E-state index in [9.17, 15) is 18.7 Å². The number of carbonyl (C=O) groups is 1. The normalized spacial score (nSPS) is 11.3. The number of rotatable bonds is 6. The summed E-state index contributed by atoms with van der Waals surface area (Å²) >= 11 is 0. The number of carbonyl (C=O) groups excluding carboxylic acids is 1. The Kier molecular flexibility index (Phi) is 5.95. The third-order valence-corrected chi connectivity index (χ3v) is 5.52. The standard InChI is InChI=1S/C26H24F2N2O2/c1-16(2)24-20(12-17-6-4-3-5-7-17)23-11-9-19(31)15-30(23)25(24)26(32)29-14-18-8-10-21(27)22(28)13-18/h3-11,13,15-16,31H,12,14H2,1-2H3,(H,29,32). The van der Waals surface area contributed by atoms with E-state index in [0.717, 1.165) is 34.3 Å². The molecule has 0 aliphatic rings. The van der Waals surface area contributed by atoms with Crippen LogP contribution in [0.25, 0.3) is 5.52 Å². The molecule has 2 heterocycles. The third-order valence-electron chi connectivity index (χ3n) is 5.52. The molecular weight excluding hydrogens is 410 g/mol. The van der Waals surface area contributed by atoms with Crippen LogP contribution in [0.5, 0.6) is 5.75 Å². The molecule has 164 valence electrons. The molecule has 0 aliphatic carbocycles. The number of hydrogen-bond donors (Lipinski definition) is 2. The number of halogens is 2. The molecule has 1 amide bonds. The Balaban J connectivity index is 1.76. The van der Waals surface area contributed by atoms with Gasteiger partial charge in [0.1, 0.15) is 11.4 Å². The van der Waals surface area contributed by atoms with Gasteiger partial charge in [-0.05, 0) is 58.9 Å². The summed E-state index contributed by atoms with van der Waals surface area (Å²) in [5.74, 6) is -2.15. The van der Waals surface area contributed by atoms with Gasteiger partial charge in [-0.3, -0.25) is 4.79 Å². The van der Waals surface area contributed by atoms with Crippen molar-refractivity contribution in [3.05, 3.63) is 106 Å². The average Bonchev–Trinajstić information content (AvgIpc) is 3.08. The minimum absolute atomic E-state index is 0.0415. The second kappa shape index (κ2) is 8.83. The summed E-state index contributed by atoms with van der Waals surface area (Å²) in [6.45, 7) is 4.10. The van der Waals surface area contributed by atoms with Crippen LogP contribution in [0.3, 0.4) is 0 Å². The first-order chi connectivity index (χ1) is 15.3. The van der Waals surface area contributed by atoms with E-state index in [4.69, 9.17) is 0 Å². The summed E-state index contributed by atoms with van der Waals surface area (Å²) in [6, 6.07) is 17.0. The van der Waals surface area contributed by atoms with E-state index in [2.05, 4.69) is 5.32 Å². The molecule has 2 aromatic heterocycles. The Hall–Kier alpha value is -3.67. The summed E-state index contributed by atoms with van der Waals surface area (Å²) in [5, 5.41) is 12.9. The van der Waals surface area contributed by atoms with Gasteiger partial charge in [-0.25, -0.2) is 8.78 Å². The second-order valence-electron chi connectivity index (χ2n) is 8.13. The molecule has 4 rings (SSSR count). The minimum atomic E-state index is -0.956. The Morgan fingerprint density at radius 3 is 2.44 bits per heavy atom. The zero-order valence-electron chi connectivity index (χ0n) is 17.9. The van der Waals surface area contributed by atoms with E-state index < -0.39 is 11.6 Å². The van der Waals surface area contributed by atoms with E-state index in [0.29, 0.717) is 17.7 Å². The van der Waals surface area contributed by atoms with Gasteiger partial charge in [0.25, 0.3) is 5.91 Å². The number of hydrogen-bond acceptors (Lipinski definition) is 2. The molecule has 0 spiro atoms. The zero-order chi connectivity index (χ0) is 22.8. The summed E-state index contributed by atoms with van der Waals surface area (Å²) in [6.07, 6.45) is 2.17. The summed E-state index contributed by atoms with van der Waals surface area (Å²) in [5.41, 5.74) is 4.75. The van der Waals surface area contributed by atoms with Crippen LogP contribution in [0.15, 0.2) is 66.9 Å². The highest BCUT2D eigenvalue weighted by molar-refractivity contribution is 5.97. The smallest absolute Gasteiger partial charge is 0.268 e. The maximum Gasteiger partial charge on any atom is 0.268 e. The van der Waals surface area contributed by atoms with Crippen molar-refractivity contribution in [1.82, 2.24) is 9.72 Å². The molecule has 0 saturated carbocycles. The quantitative estimate of drug-likeness (QED) is 0.417. The molecule has 0 radical (unpaired) electrons.